The van der Waals surface area contributed by atoms with Gasteiger partial charge in [0.1, 0.15) is 0 Å². The summed E-state index contributed by atoms with van der Waals surface area (Å²) in [7, 11) is 0. The van der Waals surface area contributed by atoms with Gasteiger partial charge in [0.05, 0.1) is 0 Å². The van der Waals surface area contributed by atoms with Gasteiger partial charge in [-0.15, -0.1) is 0 Å². The van der Waals surface area contributed by atoms with Crippen molar-refractivity contribution < 1.29 is 13.9 Å². The highest BCUT2D eigenvalue weighted by Gasteiger charge is 2.19. The maximum absolute atomic E-state index is 14.0. The Morgan fingerprint density at radius 3 is 2.76 bits per heavy atom. The Morgan fingerprint density at radius 1 is 1.43 bits per heavy atom. The lowest BCUT2D eigenvalue weighted by Crippen LogP contribution is -2.32. The average Bonchev–Trinajstić information content (AvgIpc) is 3.00. The van der Waals surface area contributed by atoms with Gasteiger partial charge in [-0.05, 0) is 44.0 Å². The Kier molecular flexibility index (Phi) is 5.56. The molecular formula is C16H23FN2O2. The van der Waals surface area contributed by atoms with Gasteiger partial charge < -0.3 is 15.0 Å². The first kappa shape index (κ1) is 15.8. The van der Waals surface area contributed by atoms with Crippen molar-refractivity contribution >= 4 is 5.91 Å². The number of nitrogens with zero attached hydrogens (tertiary/aromatic N) is 1. The third kappa shape index (κ3) is 4.17. The molecule has 1 fully saturated rings. The first-order chi connectivity index (χ1) is 10.1. The molecule has 21 heavy (non-hydrogen) atoms. The van der Waals surface area contributed by atoms with Crippen molar-refractivity contribution in [1.82, 2.24) is 10.2 Å². The van der Waals surface area contributed by atoms with Gasteiger partial charge in [-0.2, -0.15) is 0 Å². The number of benzene rings is 1. The SMILES string of the molecule is CCNC(C)c1ccc(OCC(=O)N2CCCC2)c(F)c1. The van der Waals surface area contributed by atoms with Crippen LogP contribution in [0.2, 0.25) is 0 Å². The lowest BCUT2D eigenvalue weighted by atomic mass is 10.1. The van der Waals surface area contributed by atoms with Gasteiger partial charge in [-0.3, -0.25) is 4.79 Å². The van der Waals surface area contributed by atoms with E-state index in [2.05, 4.69) is 5.32 Å². The number of hydrogen-bond acceptors (Lipinski definition) is 3. The molecular weight excluding hydrogens is 271 g/mol. The number of hydrogen-bond donors (Lipinski definition) is 1. The van der Waals surface area contributed by atoms with Gasteiger partial charge in [-0.1, -0.05) is 13.0 Å². The van der Waals surface area contributed by atoms with Crippen molar-refractivity contribution in [3.05, 3.63) is 29.6 Å². The largest absolute Gasteiger partial charge is 0.481 e. The standard InChI is InChI=1S/C16H23FN2O2/c1-3-18-12(2)13-6-7-15(14(17)10-13)21-11-16(20)19-8-4-5-9-19/h6-7,10,12,18H,3-5,8-9,11H2,1-2H3. The second-order valence-electron chi connectivity index (χ2n) is 5.35. The number of rotatable bonds is 6. The van der Waals surface area contributed by atoms with Gasteiger partial charge in [-0.25, -0.2) is 4.39 Å². The zero-order valence-electron chi connectivity index (χ0n) is 12.7. The fourth-order valence-electron chi connectivity index (χ4n) is 2.52. The van der Waals surface area contributed by atoms with E-state index in [1.807, 2.05) is 19.9 Å². The number of nitrogens with one attached hydrogen (secondary N) is 1. The Bertz CT molecular complexity index is 487. The Hall–Kier alpha value is -1.62. The third-order valence-electron chi connectivity index (χ3n) is 3.78. The van der Waals surface area contributed by atoms with Gasteiger partial charge >= 0.3 is 0 Å². The summed E-state index contributed by atoms with van der Waals surface area (Å²) in [5.74, 6) is -0.363. The zero-order chi connectivity index (χ0) is 15.2. The molecule has 0 spiro atoms. The van der Waals surface area contributed by atoms with Crippen LogP contribution in [0.3, 0.4) is 0 Å². The number of carbonyl (C=O) groups is 1. The number of halogens is 1. The molecule has 0 aromatic heterocycles. The maximum atomic E-state index is 14.0. The van der Waals surface area contributed by atoms with Crippen LogP contribution >= 0.6 is 0 Å². The molecule has 1 atom stereocenters. The van der Waals surface area contributed by atoms with E-state index in [0.717, 1.165) is 38.0 Å². The van der Waals surface area contributed by atoms with Crippen LogP contribution in [0.15, 0.2) is 18.2 Å². The zero-order valence-corrected chi connectivity index (χ0v) is 12.7. The number of amides is 1. The fourth-order valence-corrected chi connectivity index (χ4v) is 2.52. The summed E-state index contributed by atoms with van der Waals surface area (Å²) in [6.07, 6.45) is 2.08. The molecule has 4 nitrogen and oxygen atoms in total. The van der Waals surface area contributed by atoms with Crippen LogP contribution in [0.25, 0.3) is 0 Å². The minimum Gasteiger partial charge on any atom is -0.481 e. The predicted octanol–water partition coefficient (Wildman–Crippen LogP) is 2.50. The molecule has 1 heterocycles. The summed E-state index contributed by atoms with van der Waals surface area (Å²) >= 11 is 0. The second kappa shape index (κ2) is 7.41. The minimum absolute atomic E-state index is 0.0722. The summed E-state index contributed by atoms with van der Waals surface area (Å²) in [4.78, 5) is 13.6. The molecule has 0 aliphatic carbocycles. The molecule has 1 aromatic rings. The van der Waals surface area contributed by atoms with E-state index in [-0.39, 0.29) is 24.3 Å². The number of likely N-dealkylation sites (tertiary alicyclic amines) is 1. The molecule has 1 amide bonds. The monoisotopic (exact) mass is 294 g/mol. The quantitative estimate of drug-likeness (QED) is 0.876. The van der Waals surface area contributed by atoms with E-state index in [1.54, 1.807) is 11.0 Å². The molecule has 1 aliphatic rings. The van der Waals surface area contributed by atoms with E-state index in [9.17, 15) is 9.18 Å². The average molecular weight is 294 g/mol. The highest BCUT2D eigenvalue weighted by molar-refractivity contribution is 5.78. The van der Waals surface area contributed by atoms with Crippen molar-refractivity contribution in [2.75, 3.05) is 26.2 Å². The van der Waals surface area contributed by atoms with Crippen LogP contribution in [0, 0.1) is 5.82 Å². The Balaban J connectivity index is 1.92. The molecule has 1 unspecified atom stereocenters. The molecule has 0 saturated carbocycles. The van der Waals surface area contributed by atoms with Crippen molar-refractivity contribution in [2.45, 2.75) is 32.7 Å². The molecule has 0 bridgehead atoms. The Labute approximate surface area is 125 Å². The van der Waals surface area contributed by atoms with Gasteiger partial charge in [0.2, 0.25) is 0 Å². The molecule has 116 valence electrons. The highest BCUT2D eigenvalue weighted by Crippen LogP contribution is 2.22. The van der Waals surface area contributed by atoms with Gasteiger partial charge in [0.15, 0.2) is 18.2 Å². The lowest BCUT2D eigenvalue weighted by Gasteiger charge is -2.17. The van der Waals surface area contributed by atoms with E-state index in [1.165, 1.54) is 6.07 Å². The third-order valence-corrected chi connectivity index (χ3v) is 3.78. The summed E-state index contributed by atoms with van der Waals surface area (Å²) in [5.41, 5.74) is 0.868. The van der Waals surface area contributed by atoms with Crippen LogP contribution in [0.4, 0.5) is 4.39 Å². The van der Waals surface area contributed by atoms with Crippen LogP contribution in [0.5, 0.6) is 5.75 Å². The van der Waals surface area contributed by atoms with Crippen LogP contribution in [0.1, 0.15) is 38.3 Å². The van der Waals surface area contributed by atoms with Gasteiger partial charge in [0.25, 0.3) is 5.91 Å². The molecule has 5 heteroatoms. The molecule has 1 saturated heterocycles. The first-order valence-corrected chi connectivity index (χ1v) is 7.55. The van der Waals surface area contributed by atoms with E-state index in [4.69, 9.17) is 4.74 Å². The lowest BCUT2D eigenvalue weighted by molar-refractivity contribution is -0.132. The normalized spacial score (nSPS) is 16.0. The molecule has 1 N–H and O–H groups in total. The maximum Gasteiger partial charge on any atom is 0.260 e. The Morgan fingerprint density at radius 2 is 2.14 bits per heavy atom. The summed E-state index contributed by atoms with van der Waals surface area (Å²) < 4.78 is 19.3. The van der Waals surface area contributed by atoms with Crippen LogP contribution < -0.4 is 10.1 Å². The van der Waals surface area contributed by atoms with Crippen molar-refractivity contribution in [3.8, 4) is 5.75 Å². The second-order valence-corrected chi connectivity index (χ2v) is 5.35. The van der Waals surface area contributed by atoms with E-state index in [0.29, 0.717) is 0 Å². The number of carbonyl (C=O) groups excluding carboxylic acids is 1. The van der Waals surface area contributed by atoms with Crippen LogP contribution in [-0.4, -0.2) is 37.0 Å². The smallest absolute Gasteiger partial charge is 0.260 e. The predicted molar refractivity (Wildman–Crippen MR) is 79.8 cm³/mol. The van der Waals surface area contributed by atoms with Crippen LogP contribution in [-0.2, 0) is 4.79 Å². The van der Waals surface area contributed by atoms with Crippen molar-refractivity contribution in [2.24, 2.45) is 0 Å². The summed E-state index contributed by atoms with van der Waals surface area (Å²) in [6.45, 7) is 6.28. The summed E-state index contributed by atoms with van der Waals surface area (Å²) in [5, 5.41) is 3.23. The molecule has 1 aromatic carbocycles. The van der Waals surface area contributed by atoms with Gasteiger partial charge in [0, 0.05) is 19.1 Å². The molecule has 0 radical (unpaired) electrons. The summed E-state index contributed by atoms with van der Waals surface area (Å²) in [6, 6.07) is 4.97. The first-order valence-electron chi connectivity index (χ1n) is 7.55. The molecule has 2 rings (SSSR count). The topological polar surface area (TPSA) is 41.6 Å². The molecule has 1 aliphatic heterocycles. The van der Waals surface area contributed by atoms with Crippen molar-refractivity contribution in [3.63, 3.8) is 0 Å². The highest BCUT2D eigenvalue weighted by atomic mass is 19.1. The van der Waals surface area contributed by atoms with E-state index >= 15 is 0 Å². The fraction of sp³-hybridized carbons (Fsp3) is 0.562. The minimum atomic E-state index is -0.425. The van der Waals surface area contributed by atoms with E-state index < -0.39 is 5.82 Å². The van der Waals surface area contributed by atoms with Crippen molar-refractivity contribution in [1.29, 1.82) is 0 Å². The number of ether oxygens (including phenoxy) is 1.